The maximum atomic E-state index is 12.1. The zero-order valence-corrected chi connectivity index (χ0v) is 29.6. The number of aliphatic hydroxyl groups excluding tert-OH is 8. The minimum Gasteiger partial charge on any atom is -0.493 e. The lowest BCUT2D eigenvalue weighted by atomic mass is 9.77. The van der Waals surface area contributed by atoms with Crippen molar-refractivity contribution in [3.8, 4) is 34.5 Å². The van der Waals surface area contributed by atoms with E-state index in [2.05, 4.69) is 0 Å². The van der Waals surface area contributed by atoms with E-state index in [0.717, 1.165) is 0 Å². The standard InChI is InChI=1S/C34H46O20/c1-45-15-5-13(6-16(46-2)27(15)53-31-25(41)23(39)21(37)19(9-35)51-31)29-33(43)11-50-30(34(33,44)12-49-29)14-7-17(47-3)28(18(8-14)48-4)54-32-26(42)24(40)22(38)20(10-36)52-32/h5-8,19-26,29-32,35-44H,9-12H2,1-4H3/t19-,20-,21-,22-,23+,24+,25-,26-,29-,30-,31+,32+,33+,34+/m1/s1. The molecule has 4 fully saturated rings. The lowest BCUT2D eigenvalue weighted by molar-refractivity contribution is -0.277. The molecule has 0 saturated carbocycles. The average Bonchev–Trinajstić information content (AvgIpc) is 3.60. The molecule has 20 heteroatoms. The van der Waals surface area contributed by atoms with Gasteiger partial charge in [0, 0.05) is 0 Å². The van der Waals surface area contributed by atoms with Gasteiger partial charge in [-0.05, 0) is 35.4 Å². The van der Waals surface area contributed by atoms with Crippen molar-refractivity contribution in [1.29, 1.82) is 0 Å². The number of hydrogen-bond donors (Lipinski definition) is 10. The minimum absolute atomic E-state index is 0.00359. The molecule has 14 atom stereocenters. The fraction of sp³-hybridized carbons (Fsp3) is 0.647. The van der Waals surface area contributed by atoms with E-state index in [4.69, 9.17) is 47.4 Å². The molecule has 4 aliphatic heterocycles. The van der Waals surface area contributed by atoms with Gasteiger partial charge >= 0.3 is 0 Å². The van der Waals surface area contributed by atoms with Gasteiger partial charge in [0.15, 0.2) is 34.2 Å². The summed E-state index contributed by atoms with van der Waals surface area (Å²) in [7, 11) is 5.22. The number of hydrogen-bond acceptors (Lipinski definition) is 20. The summed E-state index contributed by atoms with van der Waals surface area (Å²) in [6, 6.07) is 5.73. The van der Waals surface area contributed by atoms with Crippen LogP contribution in [0.4, 0.5) is 0 Å². The topological polar surface area (TPSA) is 295 Å². The van der Waals surface area contributed by atoms with E-state index in [9.17, 15) is 51.1 Å². The second-order valence-electron chi connectivity index (χ2n) is 13.4. The van der Waals surface area contributed by atoms with Crippen LogP contribution in [0.1, 0.15) is 23.3 Å². The second kappa shape index (κ2) is 15.7. The maximum Gasteiger partial charge on any atom is 0.229 e. The van der Waals surface area contributed by atoms with E-state index in [1.54, 1.807) is 0 Å². The van der Waals surface area contributed by atoms with E-state index >= 15 is 0 Å². The Bertz CT molecular complexity index is 1460. The van der Waals surface area contributed by atoms with Crippen molar-refractivity contribution in [2.75, 3.05) is 54.9 Å². The molecule has 4 saturated heterocycles. The van der Waals surface area contributed by atoms with Gasteiger partial charge in [0.2, 0.25) is 24.1 Å². The summed E-state index contributed by atoms with van der Waals surface area (Å²) in [4.78, 5) is 0. The van der Waals surface area contributed by atoms with Gasteiger partial charge in [-0.25, -0.2) is 0 Å². The van der Waals surface area contributed by atoms with Crippen molar-refractivity contribution in [1.82, 2.24) is 0 Å². The van der Waals surface area contributed by atoms with Crippen LogP contribution < -0.4 is 28.4 Å². The molecular weight excluding hydrogens is 728 g/mol. The lowest BCUT2D eigenvalue weighted by Gasteiger charge is -2.40. The average molecular weight is 775 g/mol. The first-order chi connectivity index (χ1) is 25.7. The quantitative estimate of drug-likeness (QED) is 0.0996. The third-order valence-electron chi connectivity index (χ3n) is 10.3. The third kappa shape index (κ3) is 6.58. The maximum absolute atomic E-state index is 12.1. The van der Waals surface area contributed by atoms with Crippen LogP contribution in [0.3, 0.4) is 0 Å². The van der Waals surface area contributed by atoms with Crippen LogP contribution in [-0.2, 0) is 18.9 Å². The van der Waals surface area contributed by atoms with Crippen molar-refractivity contribution in [3.63, 3.8) is 0 Å². The molecule has 0 radical (unpaired) electrons. The molecule has 4 aliphatic rings. The van der Waals surface area contributed by atoms with Gasteiger partial charge in [-0.2, -0.15) is 0 Å². The molecule has 302 valence electrons. The minimum atomic E-state index is -2.08. The smallest absolute Gasteiger partial charge is 0.229 e. The summed E-state index contributed by atoms with van der Waals surface area (Å²) in [5, 5.41) is 105. The number of rotatable bonds is 12. The number of fused-ring (bicyclic) bond motifs is 1. The molecule has 2 aromatic rings. The van der Waals surface area contributed by atoms with E-state index in [-0.39, 0.29) is 45.6 Å². The second-order valence-corrected chi connectivity index (χ2v) is 13.4. The van der Waals surface area contributed by atoms with E-state index < -0.39 is 111 Å². The van der Waals surface area contributed by atoms with Gasteiger partial charge in [-0.1, -0.05) is 0 Å². The Kier molecular flexibility index (Phi) is 11.7. The molecule has 0 aromatic heterocycles. The van der Waals surface area contributed by atoms with Crippen molar-refractivity contribution >= 4 is 0 Å². The van der Waals surface area contributed by atoms with Crippen molar-refractivity contribution in [2.45, 2.75) is 84.8 Å². The Hall–Kier alpha value is -3.32. The van der Waals surface area contributed by atoms with Crippen molar-refractivity contribution < 1.29 is 98.4 Å². The van der Waals surface area contributed by atoms with E-state index in [1.165, 1.54) is 52.7 Å². The number of ether oxygens (including phenoxy) is 10. The van der Waals surface area contributed by atoms with Crippen LogP contribution in [0.2, 0.25) is 0 Å². The molecule has 54 heavy (non-hydrogen) atoms. The van der Waals surface area contributed by atoms with E-state index in [1.807, 2.05) is 0 Å². The highest BCUT2D eigenvalue weighted by Crippen LogP contribution is 2.58. The Labute approximate surface area is 308 Å². The largest absolute Gasteiger partial charge is 0.493 e. The first-order valence-electron chi connectivity index (χ1n) is 16.9. The SMILES string of the molecule is COc1cc([C@H]2OC[C@]3(O)[C@@H](c4cc(OC)c(O[C@@H]5O[C@H](CO)[C@@H](O)[C@H](O)[C@H]5O)c(OC)c4)OC[C@]23O)cc(OC)c1O[C@@H]1O[C@H](CO)[C@@H](O)[C@H](O)[C@H]1O. The summed E-state index contributed by atoms with van der Waals surface area (Å²) in [5.41, 5.74) is -3.66. The summed E-state index contributed by atoms with van der Waals surface area (Å²) < 4.78 is 56.8. The van der Waals surface area contributed by atoms with Crippen molar-refractivity contribution in [3.05, 3.63) is 35.4 Å². The fourth-order valence-corrected chi connectivity index (χ4v) is 7.19. The Morgan fingerprint density at radius 2 is 0.852 bits per heavy atom. The van der Waals surface area contributed by atoms with Crippen LogP contribution in [-0.4, -0.2) is 179 Å². The third-order valence-corrected chi connectivity index (χ3v) is 10.3. The summed E-state index contributed by atoms with van der Waals surface area (Å²) in [5.74, 6) is -0.182. The predicted molar refractivity (Wildman–Crippen MR) is 175 cm³/mol. The predicted octanol–water partition coefficient (Wildman–Crippen LogP) is -3.62. The first kappa shape index (κ1) is 40.3. The zero-order valence-electron chi connectivity index (χ0n) is 29.6. The Balaban J connectivity index is 1.28. The highest BCUT2D eigenvalue weighted by Gasteiger charge is 2.69. The van der Waals surface area contributed by atoms with Gasteiger partial charge in [0.1, 0.15) is 61.0 Å². The molecule has 20 nitrogen and oxygen atoms in total. The summed E-state index contributed by atoms with van der Waals surface area (Å²) in [6.07, 6.45) is -18.2. The Morgan fingerprint density at radius 3 is 1.13 bits per heavy atom. The molecule has 6 rings (SSSR count). The van der Waals surface area contributed by atoms with Crippen LogP contribution in [0, 0.1) is 0 Å². The highest BCUT2D eigenvalue weighted by atomic mass is 16.7. The molecular formula is C34H46O20. The summed E-state index contributed by atoms with van der Waals surface area (Å²) >= 11 is 0. The molecule has 10 N–H and O–H groups in total. The van der Waals surface area contributed by atoms with Crippen LogP contribution >= 0.6 is 0 Å². The summed E-state index contributed by atoms with van der Waals surface area (Å²) in [6.45, 7) is -2.22. The van der Waals surface area contributed by atoms with Gasteiger partial charge < -0.3 is 98.4 Å². The van der Waals surface area contributed by atoms with Gasteiger partial charge in [-0.15, -0.1) is 0 Å². The molecule has 0 amide bonds. The monoisotopic (exact) mass is 774 g/mol. The number of aliphatic hydroxyl groups is 10. The molecule has 0 spiro atoms. The van der Waals surface area contributed by atoms with Crippen molar-refractivity contribution in [2.24, 2.45) is 0 Å². The fourth-order valence-electron chi connectivity index (χ4n) is 7.19. The normalized spacial score (nSPS) is 39.1. The first-order valence-corrected chi connectivity index (χ1v) is 16.9. The van der Waals surface area contributed by atoms with Crippen LogP contribution in [0.25, 0.3) is 0 Å². The van der Waals surface area contributed by atoms with Gasteiger partial charge in [0.25, 0.3) is 0 Å². The zero-order chi connectivity index (χ0) is 39.3. The van der Waals surface area contributed by atoms with Crippen LogP contribution in [0.15, 0.2) is 24.3 Å². The number of benzene rings is 2. The highest BCUT2D eigenvalue weighted by molar-refractivity contribution is 5.57. The molecule has 4 heterocycles. The molecule has 0 aliphatic carbocycles. The molecule has 0 unspecified atom stereocenters. The molecule has 0 bridgehead atoms. The number of methoxy groups -OCH3 is 4. The van der Waals surface area contributed by atoms with Gasteiger partial charge in [-0.3, -0.25) is 0 Å². The molecule has 2 aromatic carbocycles. The van der Waals surface area contributed by atoms with E-state index in [0.29, 0.717) is 0 Å². The lowest BCUT2D eigenvalue weighted by Crippen LogP contribution is -2.60. The van der Waals surface area contributed by atoms with Gasteiger partial charge in [0.05, 0.1) is 54.9 Å². The Morgan fingerprint density at radius 1 is 0.537 bits per heavy atom. The van der Waals surface area contributed by atoms with Crippen LogP contribution in [0.5, 0.6) is 34.5 Å².